The molecule has 0 aliphatic rings. The van der Waals surface area contributed by atoms with Crippen LogP contribution in [0.5, 0.6) is 0 Å². The standard InChI is InChI=1S/C24H21FN4/c1-17(18-5-9-26-10-6-18)28-16-22-13-21(20-3-2-4-23(25)14-20)15-29-24(22)19-7-11-27-12-8-19/h2-15,17,28H,16H2,1H3. The van der Waals surface area contributed by atoms with Gasteiger partial charge in [0.1, 0.15) is 5.82 Å². The number of hydrogen-bond donors (Lipinski definition) is 1. The van der Waals surface area contributed by atoms with E-state index in [0.29, 0.717) is 6.54 Å². The topological polar surface area (TPSA) is 50.7 Å². The molecule has 1 N–H and O–H groups in total. The molecular weight excluding hydrogens is 363 g/mol. The van der Waals surface area contributed by atoms with Crippen LogP contribution in [0.3, 0.4) is 0 Å². The fourth-order valence-electron chi connectivity index (χ4n) is 3.27. The summed E-state index contributed by atoms with van der Waals surface area (Å²) in [6.07, 6.45) is 8.90. The second-order valence-corrected chi connectivity index (χ2v) is 6.86. The lowest BCUT2D eigenvalue weighted by Crippen LogP contribution is -2.19. The third kappa shape index (κ3) is 4.52. The minimum atomic E-state index is -0.258. The number of rotatable bonds is 6. The quantitative estimate of drug-likeness (QED) is 0.497. The molecule has 0 amide bonds. The Bertz CT molecular complexity index is 1080. The van der Waals surface area contributed by atoms with Crippen LogP contribution in [-0.2, 0) is 6.54 Å². The van der Waals surface area contributed by atoms with Gasteiger partial charge in [-0.2, -0.15) is 0 Å². The van der Waals surface area contributed by atoms with Gasteiger partial charge in [0.2, 0.25) is 0 Å². The molecule has 1 atom stereocenters. The molecule has 0 saturated heterocycles. The summed E-state index contributed by atoms with van der Waals surface area (Å²) in [6, 6.07) is 16.7. The molecule has 0 aliphatic carbocycles. The normalized spacial score (nSPS) is 11.9. The Labute approximate surface area is 169 Å². The smallest absolute Gasteiger partial charge is 0.123 e. The minimum Gasteiger partial charge on any atom is -0.306 e. The highest BCUT2D eigenvalue weighted by Gasteiger charge is 2.12. The number of hydrogen-bond acceptors (Lipinski definition) is 4. The number of nitrogens with one attached hydrogen (secondary N) is 1. The molecule has 144 valence electrons. The van der Waals surface area contributed by atoms with E-state index in [1.165, 1.54) is 17.7 Å². The first-order chi connectivity index (χ1) is 14.2. The van der Waals surface area contributed by atoms with Gasteiger partial charge < -0.3 is 5.32 Å². The zero-order valence-corrected chi connectivity index (χ0v) is 16.1. The van der Waals surface area contributed by atoms with Crippen LogP contribution in [0.1, 0.15) is 24.1 Å². The van der Waals surface area contributed by atoms with Gasteiger partial charge in [0.05, 0.1) is 5.69 Å². The zero-order valence-electron chi connectivity index (χ0n) is 16.1. The van der Waals surface area contributed by atoms with E-state index in [0.717, 1.165) is 27.9 Å². The zero-order chi connectivity index (χ0) is 20.1. The molecule has 1 unspecified atom stereocenters. The molecule has 3 aromatic heterocycles. The van der Waals surface area contributed by atoms with Crippen LogP contribution in [0.2, 0.25) is 0 Å². The van der Waals surface area contributed by atoms with Gasteiger partial charge in [-0.05, 0) is 66.1 Å². The third-order valence-corrected chi connectivity index (χ3v) is 4.88. The van der Waals surface area contributed by atoms with Gasteiger partial charge in [-0.15, -0.1) is 0 Å². The van der Waals surface area contributed by atoms with E-state index in [2.05, 4.69) is 28.3 Å². The minimum absolute atomic E-state index is 0.154. The lowest BCUT2D eigenvalue weighted by atomic mass is 10.0. The number of nitrogens with zero attached hydrogens (tertiary/aromatic N) is 3. The molecule has 5 heteroatoms. The predicted octanol–water partition coefficient (Wildman–Crippen LogP) is 5.20. The summed E-state index contributed by atoms with van der Waals surface area (Å²) < 4.78 is 13.7. The van der Waals surface area contributed by atoms with Crippen molar-refractivity contribution in [2.45, 2.75) is 19.5 Å². The van der Waals surface area contributed by atoms with Crippen molar-refractivity contribution in [1.29, 1.82) is 0 Å². The highest BCUT2D eigenvalue weighted by Crippen LogP contribution is 2.27. The highest BCUT2D eigenvalue weighted by molar-refractivity contribution is 5.69. The Morgan fingerprint density at radius 3 is 2.31 bits per heavy atom. The summed E-state index contributed by atoms with van der Waals surface area (Å²) >= 11 is 0. The summed E-state index contributed by atoms with van der Waals surface area (Å²) in [7, 11) is 0. The average Bonchev–Trinajstić information content (AvgIpc) is 2.78. The van der Waals surface area contributed by atoms with Gasteiger partial charge in [-0.1, -0.05) is 12.1 Å². The molecule has 3 heterocycles. The monoisotopic (exact) mass is 384 g/mol. The van der Waals surface area contributed by atoms with E-state index in [-0.39, 0.29) is 11.9 Å². The van der Waals surface area contributed by atoms with Crippen molar-refractivity contribution in [3.63, 3.8) is 0 Å². The first-order valence-electron chi connectivity index (χ1n) is 9.49. The van der Waals surface area contributed by atoms with Gasteiger partial charge in [0.15, 0.2) is 0 Å². The largest absolute Gasteiger partial charge is 0.306 e. The SMILES string of the molecule is CC(NCc1cc(-c2cccc(F)c2)cnc1-c1ccncc1)c1ccncc1. The van der Waals surface area contributed by atoms with E-state index in [4.69, 9.17) is 4.98 Å². The predicted molar refractivity (Wildman–Crippen MR) is 112 cm³/mol. The molecule has 0 spiro atoms. The van der Waals surface area contributed by atoms with E-state index in [9.17, 15) is 4.39 Å². The Morgan fingerprint density at radius 2 is 1.59 bits per heavy atom. The van der Waals surface area contributed by atoms with E-state index in [1.807, 2.05) is 30.3 Å². The van der Waals surface area contributed by atoms with E-state index in [1.54, 1.807) is 37.1 Å². The van der Waals surface area contributed by atoms with Crippen LogP contribution in [0.4, 0.5) is 4.39 Å². The maximum Gasteiger partial charge on any atom is 0.123 e. The van der Waals surface area contributed by atoms with Crippen LogP contribution in [0, 0.1) is 5.82 Å². The number of benzene rings is 1. The van der Waals surface area contributed by atoms with Gasteiger partial charge in [-0.3, -0.25) is 15.0 Å². The van der Waals surface area contributed by atoms with E-state index >= 15 is 0 Å². The molecule has 0 bridgehead atoms. The summed E-state index contributed by atoms with van der Waals surface area (Å²) in [4.78, 5) is 12.9. The van der Waals surface area contributed by atoms with Crippen molar-refractivity contribution in [2.75, 3.05) is 0 Å². The number of pyridine rings is 3. The number of aromatic nitrogens is 3. The lowest BCUT2D eigenvalue weighted by Gasteiger charge is -2.17. The molecule has 0 aliphatic heterocycles. The van der Waals surface area contributed by atoms with E-state index < -0.39 is 0 Å². The Hall–Kier alpha value is -3.44. The third-order valence-electron chi connectivity index (χ3n) is 4.88. The maximum atomic E-state index is 13.7. The van der Waals surface area contributed by atoms with Crippen molar-refractivity contribution in [1.82, 2.24) is 20.3 Å². The molecule has 0 saturated carbocycles. The van der Waals surface area contributed by atoms with Crippen molar-refractivity contribution >= 4 is 0 Å². The Balaban J connectivity index is 1.67. The highest BCUT2D eigenvalue weighted by atomic mass is 19.1. The molecule has 0 radical (unpaired) electrons. The van der Waals surface area contributed by atoms with Crippen LogP contribution >= 0.6 is 0 Å². The van der Waals surface area contributed by atoms with Crippen molar-refractivity contribution < 1.29 is 4.39 Å². The first kappa shape index (κ1) is 18.9. The molecule has 0 fully saturated rings. The van der Waals surface area contributed by atoms with Crippen LogP contribution in [0.25, 0.3) is 22.4 Å². The van der Waals surface area contributed by atoms with Crippen molar-refractivity contribution in [3.05, 3.63) is 103 Å². The lowest BCUT2D eigenvalue weighted by molar-refractivity contribution is 0.574. The first-order valence-corrected chi connectivity index (χ1v) is 9.49. The van der Waals surface area contributed by atoms with Gasteiger partial charge >= 0.3 is 0 Å². The molecule has 1 aromatic carbocycles. The van der Waals surface area contributed by atoms with Gasteiger partial charge in [0, 0.05) is 54.7 Å². The average molecular weight is 384 g/mol. The van der Waals surface area contributed by atoms with Crippen LogP contribution < -0.4 is 5.32 Å². The Kier molecular flexibility index (Phi) is 5.68. The molecular formula is C24H21FN4. The molecule has 4 aromatic rings. The fraction of sp³-hybridized carbons (Fsp3) is 0.125. The summed E-state index contributed by atoms with van der Waals surface area (Å²) in [5, 5.41) is 3.56. The van der Waals surface area contributed by atoms with Crippen LogP contribution in [0.15, 0.2) is 85.6 Å². The van der Waals surface area contributed by atoms with Crippen molar-refractivity contribution in [3.8, 4) is 22.4 Å². The second kappa shape index (κ2) is 8.71. The van der Waals surface area contributed by atoms with Crippen LogP contribution in [-0.4, -0.2) is 15.0 Å². The summed E-state index contributed by atoms with van der Waals surface area (Å²) in [6.45, 7) is 2.74. The molecule has 4 nitrogen and oxygen atoms in total. The summed E-state index contributed by atoms with van der Waals surface area (Å²) in [5.74, 6) is -0.258. The maximum absolute atomic E-state index is 13.7. The molecule has 4 rings (SSSR count). The molecule has 29 heavy (non-hydrogen) atoms. The van der Waals surface area contributed by atoms with Gasteiger partial charge in [-0.25, -0.2) is 4.39 Å². The fourth-order valence-corrected chi connectivity index (χ4v) is 3.27. The summed E-state index contributed by atoms with van der Waals surface area (Å²) in [5.41, 5.74) is 5.79. The second-order valence-electron chi connectivity index (χ2n) is 6.86. The Morgan fingerprint density at radius 1 is 0.862 bits per heavy atom. The number of halogens is 1. The van der Waals surface area contributed by atoms with Crippen molar-refractivity contribution in [2.24, 2.45) is 0 Å². The van der Waals surface area contributed by atoms with Gasteiger partial charge in [0.25, 0.3) is 0 Å².